The number of nitrogens with one attached hydrogen (secondary N) is 1. The van der Waals surface area contributed by atoms with Crippen LogP contribution in [0.1, 0.15) is 39.2 Å². The monoisotopic (exact) mass is 621 g/mol. The number of anilines is 2. The Hall–Kier alpha value is -3.94. The fraction of sp³-hybridized carbons (Fsp3) is 0.485. The molecule has 2 unspecified atom stereocenters. The summed E-state index contributed by atoms with van der Waals surface area (Å²) in [5.74, 6) is 2.80. The smallest absolute Gasteiger partial charge is 0.410 e. The minimum atomic E-state index is -0.469. The largest absolute Gasteiger partial charge is 0.497 e. The first-order chi connectivity index (χ1) is 21.1. The van der Waals surface area contributed by atoms with E-state index >= 15 is 0 Å². The van der Waals surface area contributed by atoms with E-state index in [1.165, 1.54) is 6.20 Å². The number of hydrogen-bond donors (Lipinski definition) is 1. The molecule has 2 fully saturated rings. The molecule has 0 spiro atoms. The summed E-state index contributed by atoms with van der Waals surface area (Å²) < 4.78 is 22.7. The van der Waals surface area contributed by atoms with E-state index in [-0.39, 0.29) is 6.09 Å². The number of fused-ring (bicyclic) bond motifs is 2. The maximum atomic E-state index is 12.4. The van der Waals surface area contributed by atoms with Crippen LogP contribution in [0.4, 0.5) is 16.2 Å². The normalized spacial score (nSPS) is 18.2. The number of benzene rings is 2. The maximum absolute atomic E-state index is 12.4. The van der Waals surface area contributed by atoms with E-state index in [1.54, 1.807) is 32.4 Å². The molecule has 11 heteroatoms. The molecule has 2 saturated heterocycles. The Morgan fingerprint density at radius 3 is 2.48 bits per heavy atom. The lowest BCUT2D eigenvalue weighted by Gasteiger charge is -2.26. The number of rotatable bonds is 10. The van der Waals surface area contributed by atoms with Crippen LogP contribution in [0.2, 0.25) is 5.02 Å². The van der Waals surface area contributed by atoms with Crippen molar-refractivity contribution in [3.05, 3.63) is 47.1 Å². The van der Waals surface area contributed by atoms with Crippen LogP contribution in [0.5, 0.6) is 17.2 Å². The van der Waals surface area contributed by atoms with Crippen LogP contribution in [-0.4, -0.2) is 80.0 Å². The van der Waals surface area contributed by atoms with Gasteiger partial charge in [0.2, 0.25) is 0 Å². The number of carbonyl (C=O) groups excluding carboxylic acids is 1. The predicted octanol–water partition coefficient (Wildman–Crippen LogP) is 6.48. The van der Waals surface area contributed by atoms with E-state index in [1.807, 2.05) is 37.8 Å². The zero-order chi connectivity index (χ0) is 31.4. The SMILES string of the molecule is COc1ccc(Cl)c(Nc2c(C#N)cnc3cc(OCCCCN4CC5CN(C(=O)OC(C)(C)C)CC5C4)c(OC)cc23)c1. The van der Waals surface area contributed by atoms with Crippen LogP contribution in [0.3, 0.4) is 0 Å². The summed E-state index contributed by atoms with van der Waals surface area (Å²) in [6.07, 6.45) is 3.23. The van der Waals surface area contributed by atoms with Crippen molar-refractivity contribution in [3.8, 4) is 23.3 Å². The van der Waals surface area contributed by atoms with Gasteiger partial charge in [0.15, 0.2) is 11.5 Å². The van der Waals surface area contributed by atoms with Crippen molar-refractivity contribution < 1.29 is 23.7 Å². The molecule has 0 bridgehead atoms. The van der Waals surface area contributed by atoms with Gasteiger partial charge in [-0.05, 0) is 70.2 Å². The number of amides is 1. The van der Waals surface area contributed by atoms with Gasteiger partial charge in [-0.2, -0.15) is 5.26 Å². The molecule has 2 aliphatic rings. The van der Waals surface area contributed by atoms with Crippen LogP contribution in [0, 0.1) is 23.2 Å². The summed E-state index contributed by atoms with van der Waals surface area (Å²) in [6.45, 7) is 10.8. The molecule has 0 radical (unpaired) electrons. The van der Waals surface area contributed by atoms with Crippen LogP contribution in [0.25, 0.3) is 10.9 Å². The number of likely N-dealkylation sites (tertiary alicyclic amines) is 2. The van der Waals surface area contributed by atoms with Gasteiger partial charge in [0.25, 0.3) is 0 Å². The Morgan fingerprint density at radius 1 is 1.07 bits per heavy atom. The lowest BCUT2D eigenvalue weighted by atomic mass is 10.0. The quantitative estimate of drug-likeness (QED) is 0.254. The first-order valence-electron chi connectivity index (χ1n) is 14.9. The average Bonchev–Trinajstić information content (AvgIpc) is 3.56. The van der Waals surface area contributed by atoms with Gasteiger partial charge in [-0.3, -0.25) is 4.98 Å². The molecule has 2 atom stereocenters. The number of carbonyl (C=O) groups is 1. The number of nitrogens with zero attached hydrogens (tertiary/aromatic N) is 4. The number of hydrogen-bond acceptors (Lipinski definition) is 9. The molecule has 2 aromatic carbocycles. The number of nitriles is 1. The van der Waals surface area contributed by atoms with Gasteiger partial charge in [-0.15, -0.1) is 0 Å². The second-order valence-corrected chi connectivity index (χ2v) is 12.8. The van der Waals surface area contributed by atoms with Crippen LogP contribution < -0.4 is 19.5 Å². The summed E-state index contributed by atoms with van der Waals surface area (Å²) in [5, 5.41) is 14.3. The van der Waals surface area contributed by atoms with Gasteiger partial charge < -0.3 is 34.1 Å². The molecule has 0 saturated carbocycles. The summed E-state index contributed by atoms with van der Waals surface area (Å²) in [7, 11) is 3.18. The fourth-order valence-corrected chi connectivity index (χ4v) is 6.09. The Labute approximate surface area is 263 Å². The van der Waals surface area contributed by atoms with E-state index < -0.39 is 5.60 Å². The number of pyridine rings is 1. The molecule has 3 heterocycles. The van der Waals surface area contributed by atoms with E-state index in [9.17, 15) is 10.1 Å². The first-order valence-corrected chi connectivity index (χ1v) is 15.3. The molecular weight excluding hydrogens is 582 g/mol. The van der Waals surface area contributed by atoms with Gasteiger partial charge in [0, 0.05) is 49.9 Å². The van der Waals surface area contributed by atoms with Crippen LogP contribution >= 0.6 is 11.6 Å². The van der Waals surface area contributed by atoms with Gasteiger partial charge >= 0.3 is 6.09 Å². The van der Waals surface area contributed by atoms with Gasteiger partial charge in [0.1, 0.15) is 17.4 Å². The third kappa shape index (κ3) is 7.22. The lowest BCUT2D eigenvalue weighted by Crippen LogP contribution is -2.37. The Balaban J connectivity index is 1.16. The minimum absolute atomic E-state index is 0.200. The molecular formula is C33H40ClN5O5. The highest BCUT2D eigenvalue weighted by molar-refractivity contribution is 6.33. The number of ether oxygens (including phenoxy) is 4. The van der Waals surface area contributed by atoms with E-state index in [2.05, 4.69) is 21.3 Å². The number of unbranched alkanes of at least 4 members (excludes halogenated alkanes) is 1. The van der Waals surface area contributed by atoms with Crippen molar-refractivity contribution in [1.29, 1.82) is 5.26 Å². The number of aromatic nitrogens is 1. The van der Waals surface area contributed by atoms with Crippen molar-refractivity contribution in [1.82, 2.24) is 14.8 Å². The number of methoxy groups -OCH3 is 2. The topological polar surface area (TPSA) is 109 Å². The summed E-state index contributed by atoms with van der Waals surface area (Å²) in [5.41, 5.74) is 1.74. The van der Waals surface area contributed by atoms with Gasteiger partial charge in [-0.25, -0.2) is 4.79 Å². The second-order valence-electron chi connectivity index (χ2n) is 12.4. The standard InChI is InChI=1S/C33H40ClN5O5/c1-33(2,3)44-32(40)39-19-22-17-38(18-23(22)20-39)10-6-7-11-43-30-14-27-25(13-29(30)42-5)31(21(15-35)16-36-27)37-28-12-24(41-4)8-9-26(28)34/h8-9,12-14,16,22-23H,6-7,10-11,17-20H2,1-5H3,(H,36,37). The average molecular weight is 622 g/mol. The Kier molecular flexibility index (Phi) is 9.56. The van der Waals surface area contributed by atoms with Crippen LogP contribution in [0.15, 0.2) is 36.5 Å². The van der Waals surface area contributed by atoms with Crippen LogP contribution in [-0.2, 0) is 4.74 Å². The van der Waals surface area contributed by atoms with E-state index in [4.69, 9.17) is 30.5 Å². The molecule has 1 aromatic heterocycles. The predicted molar refractivity (Wildman–Crippen MR) is 170 cm³/mol. The molecule has 234 valence electrons. The zero-order valence-corrected chi connectivity index (χ0v) is 26.7. The van der Waals surface area contributed by atoms with Crippen molar-refractivity contribution in [2.24, 2.45) is 11.8 Å². The summed E-state index contributed by atoms with van der Waals surface area (Å²) in [6, 6.07) is 11.2. The Bertz CT molecular complexity index is 1540. The highest BCUT2D eigenvalue weighted by atomic mass is 35.5. The molecule has 0 aliphatic carbocycles. The van der Waals surface area contributed by atoms with Crippen molar-refractivity contribution in [3.63, 3.8) is 0 Å². The molecule has 3 aromatic rings. The third-order valence-corrected chi connectivity index (χ3v) is 8.38. The number of halogens is 1. The van der Waals surface area contributed by atoms with Gasteiger partial charge in [-0.1, -0.05) is 11.6 Å². The summed E-state index contributed by atoms with van der Waals surface area (Å²) in [4.78, 5) is 21.3. The Morgan fingerprint density at radius 2 is 1.82 bits per heavy atom. The third-order valence-electron chi connectivity index (χ3n) is 8.05. The molecule has 44 heavy (non-hydrogen) atoms. The first kappa shape index (κ1) is 31.5. The molecule has 1 amide bonds. The maximum Gasteiger partial charge on any atom is 0.410 e. The zero-order valence-electron chi connectivity index (χ0n) is 26.0. The second kappa shape index (κ2) is 13.4. The van der Waals surface area contributed by atoms with Crippen molar-refractivity contribution in [2.45, 2.75) is 39.2 Å². The fourth-order valence-electron chi connectivity index (χ4n) is 5.92. The molecule has 2 aliphatic heterocycles. The van der Waals surface area contributed by atoms with Gasteiger partial charge in [0.05, 0.1) is 48.3 Å². The highest BCUT2D eigenvalue weighted by Crippen LogP contribution is 2.39. The summed E-state index contributed by atoms with van der Waals surface area (Å²) >= 11 is 6.44. The van der Waals surface area contributed by atoms with Crippen molar-refractivity contribution in [2.75, 3.05) is 58.9 Å². The van der Waals surface area contributed by atoms with E-state index in [0.29, 0.717) is 68.6 Å². The highest BCUT2D eigenvalue weighted by Gasteiger charge is 2.42. The lowest BCUT2D eigenvalue weighted by molar-refractivity contribution is 0.0274. The van der Waals surface area contributed by atoms with Crippen molar-refractivity contribution >= 4 is 40.0 Å². The minimum Gasteiger partial charge on any atom is -0.497 e. The molecule has 10 nitrogen and oxygen atoms in total. The van der Waals surface area contributed by atoms with E-state index in [0.717, 1.165) is 45.6 Å². The molecule has 1 N–H and O–H groups in total. The molecule has 5 rings (SSSR count).